The molecule has 1 aliphatic heterocycles. The van der Waals surface area contributed by atoms with Crippen LogP contribution in [0.2, 0.25) is 0 Å². The Kier molecular flexibility index (Phi) is 4.46. The van der Waals surface area contributed by atoms with Crippen LogP contribution in [0.25, 0.3) is 16.7 Å². The summed E-state index contributed by atoms with van der Waals surface area (Å²) in [7, 11) is 0. The van der Waals surface area contributed by atoms with E-state index in [-0.39, 0.29) is 11.5 Å². The lowest BCUT2D eigenvalue weighted by molar-refractivity contribution is 0.591. The third-order valence-corrected chi connectivity index (χ3v) is 6.07. The molecule has 1 fully saturated rings. The van der Waals surface area contributed by atoms with Gasteiger partial charge >= 0.3 is 0 Å². The predicted octanol–water partition coefficient (Wildman–Crippen LogP) is 5.26. The number of hydrogen-bond donors (Lipinski definition) is 1. The van der Waals surface area contributed by atoms with E-state index in [1.165, 1.54) is 16.7 Å². The molecule has 0 aliphatic carbocycles. The van der Waals surface area contributed by atoms with E-state index < -0.39 is 0 Å². The number of hydrogen-bond acceptors (Lipinski definition) is 4. The Morgan fingerprint density at radius 2 is 1.87 bits per heavy atom. The summed E-state index contributed by atoms with van der Waals surface area (Å²) >= 11 is 0. The van der Waals surface area contributed by atoms with Crippen LogP contribution in [0.15, 0.2) is 60.9 Å². The maximum Gasteiger partial charge on any atom is 0.130 e. The summed E-state index contributed by atoms with van der Waals surface area (Å²) in [6.07, 6.45) is 4.28. The molecule has 0 spiro atoms. The molecule has 3 heterocycles. The van der Waals surface area contributed by atoms with Crippen molar-refractivity contribution < 1.29 is 0 Å². The largest absolute Gasteiger partial charge is 0.355 e. The van der Waals surface area contributed by atoms with E-state index in [2.05, 4.69) is 84.7 Å². The Morgan fingerprint density at radius 1 is 1.10 bits per heavy atom. The number of anilines is 1. The third-order valence-electron chi connectivity index (χ3n) is 6.07. The molecule has 2 aromatic carbocycles. The summed E-state index contributed by atoms with van der Waals surface area (Å²) in [5, 5.41) is 8.75. The van der Waals surface area contributed by atoms with Gasteiger partial charge in [-0.05, 0) is 48.1 Å². The molecule has 4 aromatic rings. The molecular weight excluding hydrogens is 384 g/mol. The fraction of sp³-hybridized carbons (Fsp3) is 0.320. The molecular formula is C25H28N6. The zero-order chi connectivity index (χ0) is 21.8. The fourth-order valence-electron chi connectivity index (χ4n) is 4.45. The zero-order valence-corrected chi connectivity index (χ0v) is 18.6. The average Bonchev–Trinajstić information content (AvgIpc) is 3.45. The topological polar surface area (TPSA) is 62.6 Å². The standard InChI is InChI=1S/C25H28N6/c1-16-13-22(24-28-19-10-9-18(25(3,4)5)14-20(19)29-24)30(15-16)23-17(2)7-6-8-21(23)31-26-11-12-27-31/h6-12,14,22H,1,13,15H2,2-5H3,(H,28,29)/t22-/m0/s1. The van der Waals surface area contributed by atoms with Gasteiger partial charge in [0.25, 0.3) is 0 Å². The smallest absolute Gasteiger partial charge is 0.130 e. The van der Waals surface area contributed by atoms with Gasteiger partial charge in [0.2, 0.25) is 0 Å². The number of benzene rings is 2. The molecule has 2 aromatic heterocycles. The van der Waals surface area contributed by atoms with Crippen molar-refractivity contribution >= 4 is 16.7 Å². The van der Waals surface area contributed by atoms with E-state index in [0.29, 0.717) is 0 Å². The van der Waals surface area contributed by atoms with Crippen molar-refractivity contribution in [3.63, 3.8) is 0 Å². The van der Waals surface area contributed by atoms with Gasteiger partial charge in [-0.15, -0.1) is 4.80 Å². The molecule has 31 heavy (non-hydrogen) atoms. The molecule has 1 N–H and O–H groups in total. The zero-order valence-electron chi connectivity index (χ0n) is 18.6. The van der Waals surface area contributed by atoms with Gasteiger partial charge in [-0.25, -0.2) is 4.98 Å². The summed E-state index contributed by atoms with van der Waals surface area (Å²) in [5.74, 6) is 0.974. The third kappa shape index (κ3) is 3.42. The highest BCUT2D eigenvalue weighted by molar-refractivity contribution is 5.77. The van der Waals surface area contributed by atoms with Crippen LogP contribution < -0.4 is 4.90 Å². The quantitative estimate of drug-likeness (QED) is 0.467. The summed E-state index contributed by atoms with van der Waals surface area (Å²) in [5.41, 5.74) is 7.95. The van der Waals surface area contributed by atoms with Gasteiger partial charge in [-0.1, -0.05) is 51.1 Å². The van der Waals surface area contributed by atoms with Crippen molar-refractivity contribution in [3.05, 3.63) is 77.9 Å². The minimum atomic E-state index is 0.0911. The second kappa shape index (κ2) is 7.08. The molecule has 1 atom stereocenters. The van der Waals surface area contributed by atoms with Gasteiger partial charge in [0, 0.05) is 6.54 Å². The molecule has 1 saturated heterocycles. The van der Waals surface area contributed by atoms with Crippen molar-refractivity contribution in [3.8, 4) is 5.69 Å². The number of aromatic amines is 1. The Hall–Kier alpha value is -3.41. The van der Waals surface area contributed by atoms with Crippen LogP contribution in [0.1, 0.15) is 50.2 Å². The van der Waals surface area contributed by atoms with E-state index in [1.54, 1.807) is 17.2 Å². The Balaban J connectivity index is 1.60. The molecule has 0 radical (unpaired) electrons. The number of fused-ring (bicyclic) bond motifs is 1. The van der Waals surface area contributed by atoms with E-state index in [1.807, 2.05) is 6.07 Å². The first-order chi connectivity index (χ1) is 14.8. The van der Waals surface area contributed by atoms with Crippen molar-refractivity contribution in [1.82, 2.24) is 25.0 Å². The van der Waals surface area contributed by atoms with Gasteiger partial charge in [0.05, 0.1) is 35.2 Å². The highest BCUT2D eigenvalue weighted by Gasteiger charge is 2.33. The number of H-pyrrole nitrogens is 1. The molecule has 0 amide bonds. The maximum atomic E-state index is 4.97. The summed E-state index contributed by atoms with van der Waals surface area (Å²) in [6.45, 7) is 13.9. The number of rotatable bonds is 3. The van der Waals surface area contributed by atoms with Crippen molar-refractivity contribution in [1.29, 1.82) is 0 Å². The van der Waals surface area contributed by atoms with Crippen LogP contribution in [0.5, 0.6) is 0 Å². The van der Waals surface area contributed by atoms with E-state index >= 15 is 0 Å². The van der Waals surface area contributed by atoms with Gasteiger partial charge in [-0.2, -0.15) is 10.2 Å². The van der Waals surface area contributed by atoms with E-state index in [0.717, 1.165) is 41.2 Å². The van der Waals surface area contributed by atoms with E-state index in [9.17, 15) is 0 Å². The number of nitrogens with one attached hydrogen (secondary N) is 1. The number of aromatic nitrogens is 5. The van der Waals surface area contributed by atoms with Gasteiger partial charge in [-0.3, -0.25) is 0 Å². The lowest BCUT2D eigenvalue weighted by atomic mass is 9.87. The first-order valence-corrected chi connectivity index (χ1v) is 10.7. The SMILES string of the molecule is C=C1C[C@@H](c2nc3ccc(C(C)(C)C)cc3[nH]2)N(c2c(C)cccc2-n2nccn2)C1. The van der Waals surface area contributed by atoms with Crippen molar-refractivity contribution in [2.45, 2.75) is 45.6 Å². The Bertz CT molecular complexity index is 1260. The molecule has 6 heteroatoms. The Morgan fingerprint density at radius 3 is 2.61 bits per heavy atom. The predicted molar refractivity (Wildman–Crippen MR) is 125 cm³/mol. The van der Waals surface area contributed by atoms with Crippen LogP contribution in [-0.2, 0) is 5.41 Å². The van der Waals surface area contributed by atoms with Crippen LogP contribution in [0.3, 0.4) is 0 Å². The lowest BCUT2D eigenvalue weighted by Gasteiger charge is -2.28. The molecule has 0 saturated carbocycles. The Labute approximate surface area is 182 Å². The minimum Gasteiger partial charge on any atom is -0.355 e. The molecule has 1 aliphatic rings. The molecule has 0 bridgehead atoms. The minimum absolute atomic E-state index is 0.0911. The highest BCUT2D eigenvalue weighted by Crippen LogP contribution is 2.41. The van der Waals surface area contributed by atoms with Gasteiger partial charge in [0.1, 0.15) is 11.5 Å². The van der Waals surface area contributed by atoms with Gasteiger partial charge < -0.3 is 9.88 Å². The molecule has 0 unspecified atom stereocenters. The van der Waals surface area contributed by atoms with Crippen LogP contribution in [0, 0.1) is 6.92 Å². The van der Waals surface area contributed by atoms with Crippen LogP contribution in [-0.4, -0.2) is 31.5 Å². The van der Waals surface area contributed by atoms with Crippen LogP contribution >= 0.6 is 0 Å². The molecule has 6 nitrogen and oxygen atoms in total. The molecule has 158 valence electrons. The normalized spacial score (nSPS) is 17.1. The highest BCUT2D eigenvalue weighted by atomic mass is 15.5. The number of nitrogens with zero attached hydrogens (tertiary/aromatic N) is 5. The second-order valence-electron chi connectivity index (χ2n) is 9.46. The monoisotopic (exact) mass is 412 g/mol. The maximum absolute atomic E-state index is 4.97. The summed E-state index contributed by atoms with van der Waals surface area (Å²) in [6, 6.07) is 12.9. The van der Waals surface area contributed by atoms with Crippen molar-refractivity contribution in [2.24, 2.45) is 0 Å². The fourth-order valence-corrected chi connectivity index (χ4v) is 4.45. The number of para-hydroxylation sites is 1. The van der Waals surface area contributed by atoms with E-state index in [4.69, 9.17) is 4.98 Å². The van der Waals surface area contributed by atoms with Gasteiger partial charge in [0.15, 0.2) is 0 Å². The number of imidazole rings is 1. The average molecular weight is 413 g/mol. The van der Waals surface area contributed by atoms with Crippen molar-refractivity contribution in [2.75, 3.05) is 11.4 Å². The summed E-state index contributed by atoms with van der Waals surface area (Å²) < 4.78 is 0. The van der Waals surface area contributed by atoms with Crippen LogP contribution in [0.4, 0.5) is 5.69 Å². The lowest BCUT2D eigenvalue weighted by Crippen LogP contribution is -2.26. The number of aryl methyl sites for hydroxylation is 1. The molecule has 5 rings (SSSR count). The second-order valence-corrected chi connectivity index (χ2v) is 9.46. The summed E-state index contributed by atoms with van der Waals surface area (Å²) in [4.78, 5) is 12.7. The first kappa shape index (κ1) is 19.5. The first-order valence-electron chi connectivity index (χ1n) is 10.7.